The highest BCUT2D eigenvalue weighted by molar-refractivity contribution is 5.40. The van der Waals surface area contributed by atoms with Gasteiger partial charge in [-0.15, -0.1) is 0 Å². The third-order valence-electron chi connectivity index (χ3n) is 2.80. The summed E-state index contributed by atoms with van der Waals surface area (Å²) in [5, 5.41) is 9.07. The van der Waals surface area contributed by atoms with E-state index in [0.717, 1.165) is 11.6 Å². The molecule has 0 atom stereocenters. The van der Waals surface area contributed by atoms with Gasteiger partial charge in [0.25, 0.3) is 0 Å². The Labute approximate surface area is 96.3 Å². The van der Waals surface area contributed by atoms with E-state index in [1.807, 2.05) is 12.3 Å². The monoisotopic (exact) mass is 221 g/mol. The minimum absolute atomic E-state index is 0.178. The predicted octanol–water partition coefficient (Wildman–Crippen LogP) is 1.56. The van der Waals surface area contributed by atoms with Crippen molar-refractivity contribution in [1.29, 1.82) is 0 Å². The molecule has 0 radical (unpaired) electrons. The third-order valence-corrected chi connectivity index (χ3v) is 2.80. The minimum atomic E-state index is 0.178. The van der Waals surface area contributed by atoms with Crippen LogP contribution < -0.4 is 4.90 Å². The molecule has 0 bridgehead atoms. The van der Waals surface area contributed by atoms with Crippen LogP contribution in [0, 0.1) is 0 Å². The van der Waals surface area contributed by atoms with E-state index in [9.17, 15) is 0 Å². The summed E-state index contributed by atoms with van der Waals surface area (Å²) in [4.78, 5) is 11.0. The molecule has 1 aliphatic carbocycles. The summed E-state index contributed by atoms with van der Waals surface area (Å²) in [5.41, 5.74) is 0. The number of rotatable bonds is 5. The molecular weight excluding hydrogens is 202 g/mol. The second-order valence-electron chi connectivity index (χ2n) is 4.58. The summed E-state index contributed by atoms with van der Waals surface area (Å²) in [6, 6.07) is 2.50. The van der Waals surface area contributed by atoms with Crippen molar-refractivity contribution in [2.45, 2.75) is 38.6 Å². The second-order valence-corrected chi connectivity index (χ2v) is 4.58. The van der Waals surface area contributed by atoms with Crippen LogP contribution in [0.5, 0.6) is 0 Å². The van der Waals surface area contributed by atoms with Gasteiger partial charge in [-0.1, -0.05) is 13.8 Å². The summed E-state index contributed by atoms with van der Waals surface area (Å²) < 4.78 is 0. The molecule has 1 aromatic rings. The lowest BCUT2D eigenvalue weighted by Crippen LogP contribution is -2.30. The van der Waals surface area contributed by atoms with Gasteiger partial charge in [-0.3, -0.25) is 0 Å². The van der Waals surface area contributed by atoms with Crippen molar-refractivity contribution in [3.8, 4) is 0 Å². The van der Waals surface area contributed by atoms with Gasteiger partial charge in [-0.2, -0.15) is 0 Å². The molecule has 0 unspecified atom stereocenters. The Bertz CT molecular complexity index is 350. The van der Waals surface area contributed by atoms with Crippen molar-refractivity contribution < 1.29 is 5.11 Å². The predicted molar refractivity (Wildman–Crippen MR) is 63.6 cm³/mol. The molecule has 4 nitrogen and oxygen atoms in total. The van der Waals surface area contributed by atoms with Crippen molar-refractivity contribution >= 4 is 5.82 Å². The third kappa shape index (κ3) is 2.50. The summed E-state index contributed by atoms with van der Waals surface area (Å²) in [6.07, 6.45) is 4.23. The molecule has 16 heavy (non-hydrogen) atoms. The Kier molecular flexibility index (Phi) is 3.39. The fourth-order valence-electron chi connectivity index (χ4n) is 1.78. The van der Waals surface area contributed by atoms with E-state index >= 15 is 0 Å². The first-order valence-corrected chi connectivity index (χ1v) is 5.93. The van der Waals surface area contributed by atoms with Crippen LogP contribution in [-0.2, 0) is 0 Å². The van der Waals surface area contributed by atoms with Crippen molar-refractivity contribution in [3.63, 3.8) is 0 Å². The molecule has 1 heterocycles. The van der Waals surface area contributed by atoms with Crippen molar-refractivity contribution in [1.82, 2.24) is 9.97 Å². The molecule has 1 saturated carbocycles. The van der Waals surface area contributed by atoms with Gasteiger partial charge in [0.15, 0.2) is 0 Å². The summed E-state index contributed by atoms with van der Waals surface area (Å²) in [5.74, 6) is 2.17. The van der Waals surface area contributed by atoms with Crippen LogP contribution in [-0.4, -0.2) is 34.3 Å². The Morgan fingerprint density at radius 2 is 2.25 bits per heavy atom. The largest absolute Gasteiger partial charge is 0.395 e. The summed E-state index contributed by atoms with van der Waals surface area (Å²) in [6.45, 7) is 5.02. The lowest BCUT2D eigenvalue weighted by molar-refractivity contribution is 0.301. The number of aliphatic hydroxyl groups excluding tert-OH is 1. The van der Waals surface area contributed by atoms with Crippen molar-refractivity contribution in [2.24, 2.45) is 0 Å². The minimum Gasteiger partial charge on any atom is -0.395 e. The number of hydrogen-bond donors (Lipinski definition) is 1. The van der Waals surface area contributed by atoms with Crippen LogP contribution in [0.1, 0.15) is 38.4 Å². The van der Waals surface area contributed by atoms with Crippen LogP contribution in [0.2, 0.25) is 0 Å². The molecule has 0 spiro atoms. The van der Waals surface area contributed by atoms with E-state index in [1.54, 1.807) is 0 Å². The zero-order valence-corrected chi connectivity index (χ0v) is 9.93. The molecule has 1 aliphatic rings. The SMILES string of the molecule is CC(C)c1nccc(N(CCO)C2CC2)n1. The number of nitrogens with zero attached hydrogens (tertiary/aromatic N) is 3. The fourth-order valence-corrected chi connectivity index (χ4v) is 1.78. The first-order chi connectivity index (χ1) is 7.72. The number of aliphatic hydroxyl groups is 1. The topological polar surface area (TPSA) is 49.2 Å². The average molecular weight is 221 g/mol. The van der Waals surface area contributed by atoms with E-state index < -0.39 is 0 Å². The number of aromatic nitrogens is 2. The number of hydrogen-bond acceptors (Lipinski definition) is 4. The van der Waals surface area contributed by atoms with Gasteiger partial charge in [-0.05, 0) is 18.9 Å². The molecule has 88 valence electrons. The van der Waals surface area contributed by atoms with Gasteiger partial charge in [0.2, 0.25) is 0 Å². The summed E-state index contributed by atoms with van der Waals surface area (Å²) in [7, 11) is 0. The maximum absolute atomic E-state index is 9.07. The van der Waals surface area contributed by atoms with Gasteiger partial charge >= 0.3 is 0 Å². The van der Waals surface area contributed by atoms with Crippen LogP contribution in [0.25, 0.3) is 0 Å². The van der Waals surface area contributed by atoms with Gasteiger partial charge in [0, 0.05) is 24.7 Å². The normalized spacial score (nSPS) is 15.5. The highest BCUT2D eigenvalue weighted by Crippen LogP contribution is 2.30. The summed E-state index contributed by atoms with van der Waals surface area (Å²) >= 11 is 0. The highest BCUT2D eigenvalue weighted by Gasteiger charge is 2.29. The second kappa shape index (κ2) is 4.78. The van der Waals surface area contributed by atoms with Crippen LogP contribution >= 0.6 is 0 Å². The smallest absolute Gasteiger partial charge is 0.133 e. The van der Waals surface area contributed by atoms with Crippen LogP contribution in [0.4, 0.5) is 5.82 Å². The van der Waals surface area contributed by atoms with Crippen LogP contribution in [0.3, 0.4) is 0 Å². The lowest BCUT2D eigenvalue weighted by Gasteiger charge is -2.22. The molecule has 0 aliphatic heterocycles. The van der Waals surface area contributed by atoms with Crippen molar-refractivity contribution in [3.05, 3.63) is 18.1 Å². The molecule has 4 heteroatoms. The van der Waals surface area contributed by atoms with Gasteiger partial charge in [0.05, 0.1) is 6.61 Å². The maximum atomic E-state index is 9.07. The number of anilines is 1. The molecule has 0 amide bonds. The molecule has 2 rings (SSSR count). The Balaban J connectivity index is 2.19. The Morgan fingerprint density at radius 1 is 1.50 bits per heavy atom. The van der Waals surface area contributed by atoms with E-state index in [1.165, 1.54) is 12.8 Å². The molecule has 0 aromatic carbocycles. The highest BCUT2D eigenvalue weighted by atomic mass is 16.3. The lowest BCUT2D eigenvalue weighted by atomic mass is 10.2. The van der Waals surface area contributed by atoms with Gasteiger partial charge in [-0.25, -0.2) is 9.97 Å². The average Bonchev–Trinajstić information content (AvgIpc) is 3.10. The fraction of sp³-hybridized carbons (Fsp3) is 0.667. The Morgan fingerprint density at radius 3 is 2.81 bits per heavy atom. The van der Waals surface area contributed by atoms with Crippen LogP contribution in [0.15, 0.2) is 12.3 Å². The zero-order chi connectivity index (χ0) is 11.5. The van der Waals surface area contributed by atoms with Gasteiger partial charge in [0.1, 0.15) is 11.6 Å². The Hall–Kier alpha value is -1.16. The van der Waals surface area contributed by atoms with Gasteiger partial charge < -0.3 is 10.0 Å². The first kappa shape index (κ1) is 11.3. The van der Waals surface area contributed by atoms with Crippen molar-refractivity contribution in [2.75, 3.05) is 18.1 Å². The van der Waals surface area contributed by atoms with E-state index in [2.05, 4.69) is 28.7 Å². The molecule has 1 fully saturated rings. The quantitative estimate of drug-likeness (QED) is 0.819. The maximum Gasteiger partial charge on any atom is 0.133 e. The first-order valence-electron chi connectivity index (χ1n) is 5.93. The van der Waals surface area contributed by atoms with E-state index in [4.69, 9.17) is 5.11 Å². The molecular formula is C12H19N3O. The zero-order valence-electron chi connectivity index (χ0n) is 9.93. The molecule has 1 aromatic heterocycles. The van der Waals surface area contributed by atoms with E-state index in [-0.39, 0.29) is 6.61 Å². The standard InChI is InChI=1S/C12H19N3O/c1-9(2)12-13-6-5-11(14-12)15(7-8-16)10-3-4-10/h5-6,9-10,16H,3-4,7-8H2,1-2H3. The molecule has 1 N–H and O–H groups in total. The molecule has 0 saturated heterocycles. The van der Waals surface area contributed by atoms with E-state index in [0.29, 0.717) is 18.5 Å².